The largest absolute Gasteiger partial charge is 0.461 e. The molecule has 12 heteroatoms. The van der Waals surface area contributed by atoms with E-state index in [2.05, 4.69) is 19.9 Å². The predicted molar refractivity (Wildman–Crippen MR) is 135 cm³/mol. The Bertz CT molecular complexity index is 1200. The Labute approximate surface area is 220 Å². The molecular weight excluding hydrogens is 506 g/mol. The number of carbonyl (C=O) groups excluding carboxylic acids is 1. The molecule has 0 N–H and O–H groups in total. The Hall–Kier alpha value is -2.53. The highest BCUT2D eigenvalue weighted by atomic mass is 35.5. The van der Waals surface area contributed by atoms with Crippen LogP contribution in [0.4, 0.5) is 19.4 Å². The number of hydrogen-bond acceptors (Lipinski definition) is 8. The lowest BCUT2D eigenvalue weighted by Gasteiger charge is -2.31. The number of amides is 1. The Balaban J connectivity index is 1.41. The summed E-state index contributed by atoms with van der Waals surface area (Å²) in [5.41, 5.74) is -0.976. The van der Waals surface area contributed by atoms with E-state index in [0.29, 0.717) is 43.7 Å². The van der Waals surface area contributed by atoms with Gasteiger partial charge in [0.25, 0.3) is 0 Å². The van der Waals surface area contributed by atoms with Gasteiger partial charge in [0, 0.05) is 45.3 Å². The first-order chi connectivity index (χ1) is 17.5. The summed E-state index contributed by atoms with van der Waals surface area (Å²) in [7, 11) is 1.84. The fourth-order valence-corrected chi connectivity index (χ4v) is 5.84. The lowest BCUT2D eigenvalue weighted by Crippen LogP contribution is -2.43. The van der Waals surface area contributed by atoms with Gasteiger partial charge in [0.1, 0.15) is 29.7 Å². The highest BCUT2D eigenvalue weighted by Gasteiger charge is 2.49. The van der Waals surface area contributed by atoms with E-state index in [1.807, 2.05) is 32.7 Å². The summed E-state index contributed by atoms with van der Waals surface area (Å²) in [6.07, 6.45) is 3.08. The number of rotatable bonds is 5. The lowest BCUT2D eigenvalue weighted by atomic mass is 9.95. The Morgan fingerprint density at radius 2 is 2.08 bits per heavy atom. The summed E-state index contributed by atoms with van der Waals surface area (Å²) < 4.78 is 40.8. The highest BCUT2D eigenvalue weighted by Crippen LogP contribution is 2.40. The number of alkyl halides is 1. The molecule has 0 spiro atoms. The number of aromatic nitrogens is 3. The van der Waals surface area contributed by atoms with Gasteiger partial charge in [-0.2, -0.15) is 9.97 Å². The molecule has 0 saturated carbocycles. The van der Waals surface area contributed by atoms with Gasteiger partial charge in [-0.25, -0.2) is 18.6 Å². The summed E-state index contributed by atoms with van der Waals surface area (Å²) in [5, 5.41) is 0.0946. The third kappa shape index (κ3) is 5.12. The van der Waals surface area contributed by atoms with Crippen molar-refractivity contribution in [3.05, 3.63) is 17.2 Å². The standard InChI is InChI=1S/C25H33ClF2N6O3/c1-24(2,3)37-23(35)33-9-6-16(13-33)32(4)21-17-11-29-20(26)18(28)19(17)30-22(31-21)36-14-25-7-5-8-34(25)12-15(27)10-25/h11,15-16H,5-10,12-14H2,1-4H3/t15-,16-,25?/m1/s1. The molecule has 3 aliphatic heterocycles. The van der Waals surface area contributed by atoms with Crippen LogP contribution in [0.2, 0.25) is 5.15 Å². The molecule has 5 rings (SSSR count). The minimum Gasteiger partial charge on any atom is -0.461 e. The highest BCUT2D eigenvalue weighted by molar-refractivity contribution is 6.30. The first kappa shape index (κ1) is 26.1. The third-order valence-corrected chi connectivity index (χ3v) is 7.79. The number of fused-ring (bicyclic) bond motifs is 2. The Morgan fingerprint density at radius 3 is 2.84 bits per heavy atom. The van der Waals surface area contributed by atoms with Crippen molar-refractivity contribution in [1.82, 2.24) is 24.8 Å². The SMILES string of the molecule is CN(c1nc(OCC23CCCN2C[C@H](F)C3)nc2c(F)c(Cl)ncc12)[C@@H]1CCN(C(=O)OC(C)(C)C)C1. The number of hydrogen-bond donors (Lipinski definition) is 0. The van der Waals surface area contributed by atoms with Gasteiger partial charge >= 0.3 is 12.1 Å². The van der Waals surface area contributed by atoms with Crippen LogP contribution in [0.15, 0.2) is 6.20 Å². The number of ether oxygens (including phenoxy) is 2. The maximum Gasteiger partial charge on any atom is 0.410 e. The van der Waals surface area contributed by atoms with Gasteiger partial charge in [-0.05, 0) is 46.6 Å². The van der Waals surface area contributed by atoms with Crippen molar-refractivity contribution in [3.63, 3.8) is 0 Å². The van der Waals surface area contributed by atoms with Crippen LogP contribution < -0.4 is 9.64 Å². The molecule has 3 fully saturated rings. The molecule has 2 aromatic rings. The van der Waals surface area contributed by atoms with E-state index in [0.717, 1.165) is 19.4 Å². The molecule has 1 amide bonds. The molecule has 2 aromatic heterocycles. The average molecular weight is 539 g/mol. The minimum absolute atomic E-state index is 0.000968. The van der Waals surface area contributed by atoms with Crippen molar-refractivity contribution in [1.29, 1.82) is 0 Å². The predicted octanol–water partition coefficient (Wildman–Crippen LogP) is 4.22. The number of carbonyl (C=O) groups is 1. The second-order valence-corrected chi connectivity index (χ2v) is 11.7. The molecule has 0 bridgehead atoms. The van der Waals surface area contributed by atoms with Crippen LogP contribution in [-0.4, -0.2) is 94.0 Å². The van der Waals surface area contributed by atoms with Crippen LogP contribution in [0.25, 0.3) is 10.9 Å². The molecule has 0 aromatic carbocycles. The molecule has 9 nitrogen and oxygen atoms in total. The van der Waals surface area contributed by atoms with Crippen molar-refractivity contribution >= 4 is 34.4 Å². The molecule has 0 radical (unpaired) electrons. The molecule has 3 aliphatic rings. The minimum atomic E-state index is -0.888. The Morgan fingerprint density at radius 1 is 1.30 bits per heavy atom. The number of halogens is 3. The Kier molecular flexibility index (Phi) is 6.81. The normalized spacial score (nSPS) is 26.1. The molecule has 5 heterocycles. The van der Waals surface area contributed by atoms with Crippen LogP contribution in [0.1, 0.15) is 46.5 Å². The van der Waals surface area contributed by atoms with Crippen LogP contribution in [0, 0.1) is 5.82 Å². The van der Waals surface area contributed by atoms with Crippen molar-refractivity contribution < 1.29 is 23.0 Å². The maximum absolute atomic E-state index is 15.0. The van der Waals surface area contributed by atoms with Crippen molar-refractivity contribution in [2.45, 2.75) is 69.8 Å². The van der Waals surface area contributed by atoms with E-state index in [1.54, 1.807) is 4.90 Å². The van der Waals surface area contributed by atoms with E-state index >= 15 is 4.39 Å². The summed E-state index contributed by atoms with van der Waals surface area (Å²) in [5.74, 6) is -0.331. The molecule has 202 valence electrons. The maximum atomic E-state index is 15.0. The second kappa shape index (κ2) is 9.65. The molecule has 3 atom stereocenters. The molecule has 37 heavy (non-hydrogen) atoms. The van der Waals surface area contributed by atoms with E-state index in [9.17, 15) is 9.18 Å². The number of likely N-dealkylation sites (tertiary alicyclic amines) is 1. The van der Waals surface area contributed by atoms with Gasteiger partial charge in [0.15, 0.2) is 11.0 Å². The zero-order valence-corrected chi connectivity index (χ0v) is 22.4. The van der Waals surface area contributed by atoms with Crippen LogP contribution in [-0.2, 0) is 4.74 Å². The quantitative estimate of drug-likeness (QED) is 0.523. The van der Waals surface area contributed by atoms with Gasteiger partial charge in [-0.3, -0.25) is 4.90 Å². The monoisotopic (exact) mass is 538 g/mol. The first-order valence-corrected chi connectivity index (χ1v) is 13.1. The topological polar surface area (TPSA) is 83.9 Å². The number of pyridine rings is 1. The number of anilines is 1. The van der Waals surface area contributed by atoms with Crippen LogP contribution in [0.3, 0.4) is 0 Å². The smallest absolute Gasteiger partial charge is 0.410 e. The summed E-state index contributed by atoms with van der Waals surface area (Å²) in [4.78, 5) is 31.2. The average Bonchev–Trinajstić information content (AvgIpc) is 3.53. The fourth-order valence-electron chi connectivity index (χ4n) is 5.70. The number of likely N-dealkylation sites (N-methyl/N-ethyl adjacent to an activating group) is 1. The van der Waals surface area contributed by atoms with Crippen molar-refractivity contribution in [2.24, 2.45) is 0 Å². The van der Waals surface area contributed by atoms with Gasteiger partial charge in [0.2, 0.25) is 0 Å². The first-order valence-electron chi connectivity index (χ1n) is 12.7. The van der Waals surface area contributed by atoms with Crippen molar-refractivity contribution in [2.75, 3.05) is 44.7 Å². The van der Waals surface area contributed by atoms with Gasteiger partial charge in [0.05, 0.1) is 10.9 Å². The van der Waals surface area contributed by atoms with Gasteiger partial charge in [-0.15, -0.1) is 0 Å². The van der Waals surface area contributed by atoms with E-state index in [1.165, 1.54) is 6.20 Å². The molecule has 1 unspecified atom stereocenters. The van der Waals surface area contributed by atoms with Gasteiger partial charge < -0.3 is 19.3 Å². The summed E-state index contributed by atoms with van der Waals surface area (Å²) in [6.45, 7) is 7.90. The second-order valence-electron chi connectivity index (χ2n) is 11.3. The van der Waals surface area contributed by atoms with Crippen LogP contribution in [0.5, 0.6) is 6.01 Å². The summed E-state index contributed by atoms with van der Waals surface area (Å²) in [6, 6.07) is -0.0932. The van der Waals surface area contributed by atoms with E-state index in [4.69, 9.17) is 21.1 Å². The zero-order valence-electron chi connectivity index (χ0n) is 21.6. The van der Waals surface area contributed by atoms with Crippen LogP contribution >= 0.6 is 11.6 Å². The van der Waals surface area contributed by atoms with Gasteiger partial charge in [-0.1, -0.05) is 11.6 Å². The fraction of sp³-hybridized carbons (Fsp3) is 0.680. The zero-order chi connectivity index (χ0) is 26.5. The van der Waals surface area contributed by atoms with E-state index < -0.39 is 23.1 Å². The number of nitrogens with zero attached hydrogens (tertiary/aromatic N) is 6. The van der Waals surface area contributed by atoms with Crippen molar-refractivity contribution in [3.8, 4) is 6.01 Å². The third-order valence-electron chi connectivity index (χ3n) is 7.53. The molecule has 0 aliphatic carbocycles. The lowest BCUT2D eigenvalue weighted by molar-refractivity contribution is 0.0292. The van der Waals surface area contributed by atoms with E-state index in [-0.39, 0.29) is 35.4 Å². The molecular formula is C25H33ClF2N6O3. The molecule has 3 saturated heterocycles. The summed E-state index contributed by atoms with van der Waals surface area (Å²) >= 11 is 5.97.